The lowest BCUT2D eigenvalue weighted by Crippen LogP contribution is -2.41. The number of nitrogens with two attached hydrogens (primary N) is 1. The summed E-state index contributed by atoms with van der Waals surface area (Å²) in [6.45, 7) is 1.06. The molecule has 1 unspecified atom stereocenters. The Balaban J connectivity index is 1.32. The first kappa shape index (κ1) is 18.1. The van der Waals surface area contributed by atoms with Gasteiger partial charge in [0, 0.05) is 19.5 Å². The van der Waals surface area contributed by atoms with E-state index in [1.807, 2.05) is 29.2 Å². The minimum absolute atomic E-state index is 0.111. The second-order valence-corrected chi connectivity index (χ2v) is 8.28. The highest BCUT2D eigenvalue weighted by molar-refractivity contribution is 7.18. The van der Waals surface area contributed by atoms with Gasteiger partial charge in [0.1, 0.15) is 5.82 Å². The SMILES string of the molecule is NC1(c2cccc(F)c2)CCN(C(=O)CCCc2nc3ccccc3s2)C1. The third-order valence-electron chi connectivity index (χ3n) is 5.17. The van der Waals surface area contributed by atoms with Gasteiger partial charge in [0.05, 0.1) is 20.8 Å². The molecule has 4 nitrogen and oxygen atoms in total. The van der Waals surface area contributed by atoms with Gasteiger partial charge in [-0.1, -0.05) is 24.3 Å². The van der Waals surface area contributed by atoms with Crippen LogP contribution in [0.4, 0.5) is 4.39 Å². The van der Waals surface area contributed by atoms with Crippen LogP contribution in [0.2, 0.25) is 0 Å². The van der Waals surface area contributed by atoms with Crippen LogP contribution in [-0.2, 0) is 16.8 Å². The fourth-order valence-electron chi connectivity index (χ4n) is 3.66. The van der Waals surface area contributed by atoms with Gasteiger partial charge in [-0.2, -0.15) is 0 Å². The monoisotopic (exact) mass is 383 g/mol. The smallest absolute Gasteiger partial charge is 0.222 e. The van der Waals surface area contributed by atoms with Gasteiger partial charge in [0.25, 0.3) is 0 Å². The van der Waals surface area contributed by atoms with Gasteiger partial charge in [-0.15, -0.1) is 11.3 Å². The van der Waals surface area contributed by atoms with Gasteiger partial charge >= 0.3 is 0 Å². The molecule has 1 saturated heterocycles. The van der Waals surface area contributed by atoms with Crippen molar-refractivity contribution in [2.24, 2.45) is 5.73 Å². The summed E-state index contributed by atoms with van der Waals surface area (Å²) in [7, 11) is 0. The molecule has 4 rings (SSSR count). The van der Waals surface area contributed by atoms with E-state index in [9.17, 15) is 9.18 Å². The number of rotatable bonds is 5. The Morgan fingerprint density at radius 3 is 2.93 bits per heavy atom. The Morgan fingerprint density at radius 2 is 2.11 bits per heavy atom. The maximum atomic E-state index is 13.5. The molecule has 0 saturated carbocycles. The first-order valence-electron chi connectivity index (χ1n) is 9.21. The van der Waals surface area contributed by atoms with Crippen LogP contribution in [0.25, 0.3) is 10.2 Å². The third-order valence-corrected chi connectivity index (χ3v) is 6.27. The number of carbonyl (C=O) groups excluding carboxylic acids is 1. The molecular weight excluding hydrogens is 361 g/mol. The number of aromatic nitrogens is 1. The lowest BCUT2D eigenvalue weighted by atomic mass is 9.90. The highest BCUT2D eigenvalue weighted by Crippen LogP contribution is 2.30. The fourth-order valence-corrected chi connectivity index (χ4v) is 4.66. The molecule has 0 bridgehead atoms. The Hall–Kier alpha value is -2.31. The molecule has 0 spiro atoms. The van der Waals surface area contributed by atoms with Gasteiger partial charge in [0.15, 0.2) is 0 Å². The van der Waals surface area contributed by atoms with Crippen molar-refractivity contribution in [3.8, 4) is 0 Å². The molecule has 1 aromatic heterocycles. The van der Waals surface area contributed by atoms with Crippen LogP contribution in [0.3, 0.4) is 0 Å². The number of benzene rings is 2. The number of thiazole rings is 1. The van der Waals surface area contributed by atoms with Crippen LogP contribution in [0, 0.1) is 5.82 Å². The van der Waals surface area contributed by atoms with Crippen molar-refractivity contribution in [2.45, 2.75) is 31.2 Å². The number of hydrogen-bond donors (Lipinski definition) is 1. The zero-order valence-corrected chi connectivity index (χ0v) is 15.8. The third kappa shape index (κ3) is 3.87. The summed E-state index contributed by atoms with van der Waals surface area (Å²) in [5, 5.41) is 1.07. The van der Waals surface area contributed by atoms with E-state index in [2.05, 4.69) is 11.1 Å². The van der Waals surface area contributed by atoms with E-state index in [0.717, 1.165) is 28.9 Å². The molecule has 1 atom stereocenters. The van der Waals surface area contributed by atoms with E-state index in [1.54, 1.807) is 17.4 Å². The number of amides is 1. The van der Waals surface area contributed by atoms with Crippen LogP contribution in [0.15, 0.2) is 48.5 Å². The number of para-hydroxylation sites is 1. The summed E-state index contributed by atoms with van der Waals surface area (Å²) >= 11 is 1.69. The molecule has 27 heavy (non-hydrogen) atoms. The van der Waals surface area contributed by atoms with Gasteiger partial charge in [-0.05, 0) is 49.1 Å². The average molecular weight is 383 g/mol. The first-order valence-corrected chi connectivity index (χ1v) is 10.0. The van der Waals surface area contributed by atoms with E-state index >= 15 is 0 Å². The fraction of sp³-hybridized carbons (Fsp3) is 0.333. The van der Waals surface area contributed by atoms with Gasteiger partial charge in [-0.3, -0.25) is 4.79 Å². The normalized spacial score (nSPS) is 19.7. The van der Waals surface area contributed by atoms with E-state index in [1.165, 1.54) is 16.8 Å². The molecule has 1 fully saturated rings. The molecule has 2 N–H and O–H groups in total. The Morgan fingerprint density at radius 1 is 1.26 bits per heavy atom. The molecular formula is C21H22FN3OS. The minimum Gasteiger partial charge on any atom is -0.340 e. The van der Waals surface area contributed by atoms with Crippen molar-refractivity contribution >= 4 is 27.5 Å². The number of hydrogen-bond acceptors (Lipinski definition) is 4. The maximum absolute atomic E-state index is 13.5. The number of halogens is 1. The first-order chi connectivity index (χ1) is 13.0. The van der Waals surface area contributed by atoms with Crippen molar-refractivity contribution in [1.82, 2.24) is 9.88 Å². The Kier molecular flexibility index (Phi) is 4.93. The largest absolute Gasteiger partial charge is 0.340 e. The van der Waals surface area contributed by atoms with Crippen LogP contribution in [0.5, 0.6) is 0 Å². The van der Waals surface area contributed by atoms with Crippen molar-refractivity contribution < 1.29 is 9.18 Å². The zero-order chi connectivity index (χ0) is 18.9. The molecule has 1 aliphatic heterocycles. The van der Waals surface area contributed by atoms with Gasteiger partial charge in [0.2, 0.25) is 5.91 Å². The van der Waals surface area contributed by atoms with Crippen molar-refractivity contribution in [3.63, 3.8) is 0 Å². The van der Waals surface area contributed by atoms with Crippen molar-refractivity contribution in [3.05, 3.63) is 64.9 Å². The van der Waals surface area contributed by atoms with E-state index in [-0.39, 0.29) is 11.7 Å². The van der Waals surface area contributed by atoms with E-state index in [0.29, 0.717) is 25.9 Å². The topological polar surface area (TPSA) is 59.2 Å². The van der Waals surface area contributed by atoms with E-state index < -0.39 is 5.54 Å². The Bertz CT molecular complexity index is 940. The predicted molar refractivity (Wildman–Crippen MR) is 106 cm³/mol. The Labute approximate surface area is 161 Å². The van der Waals surface area contributed by atoms with Crippen LogP contribution in [-0.4, -0.2) is 28.9 Å². The van der Waals surface area contributed by atoms with Crippen molar-refractivity contribution in [1.29, 1.82) is 0 Å². The molecule has 3 aromatic rings. The number of carbonyl (C=O) groups is 1. The van der Waals surface area contributed by atoms with Gasteiger partial charge in [-0.25, -0.2) is 9.37 Å². The van der Waals surface area contributed by atoms with Crippen LogP contribution in [0.1, 0.15) is 29.8 Å². The molecule has 1 aliphatic rings. The summed E-state index contributed by atoms with van der Waals surface area (Å²) in [6.07, 6.45) is 2.71. The van der Waals surface area contributed by atoms with Crippen LogP contribution < -0.4 is 5.73 Å². The molecule has 0 aliphatic carbocycles. The van der Waals surface area contributed by atoms with Crippen molar-refractivity contribution in [2.75, 3.05) is 13.1 Å². The predicted octanol–water partition coefficient (Wildman–Crippen LogP) is 3.84. The standard InChI is InChI=1S/C21H22FN3OS/c22-16-6-3-5-15(13-16)21(23)11-12-25(14-21)20(26)10-4-9-19-24-17-7-1-2-8-18(17)27-19/h1-3,5-8,13H,4,9-12,14,23H2. The lowest BCUT2D eigenvalue weighted by molar-refractivity contribution is -0.130. The summed E-state index contributed by atoms with van der Waals surface area (Å²) in [6, 6.07) is 14.5. The highest BCUT2D eigenvalue weighted by atomic mass is 32.1. The molecule has 0 radical (unpaired) electrons. The summed E-state index contributed by atoms with van der Waals surface area (Å²) in [4.78, 5) is 19.0. The van der Waals surface area contributed by atoms with Crippen LogP contribution >= 0.6 is 11.3 Å². The van der Waals surface area contributed by atoms with E-state index in [4.69, 9.17) is 5.73 Å². The summed E-state index contributed by atoms with van der Waals surface area (Å²) < 4.78 is 14.7. The molecule has 6 heteroatoms. The number of aryl methyl sites for hydroxylation is 1. The second-order valence-electron chi connectivity index (χ2n) is 7.16. The zero-order valence-electron chi connectivity index (χ0n) is 15.0. The molecule has 1 amide bonds. The summed E-state index contributed by atoms with van der Waals surface area (Å²) in [5.74, 6) is -0.183. The van der Waals surface area contributed by atoms with Gasteiger partial charge < -0.3 is 10.6 Å². The minimum atomic E-state index is -0.662. The number of fused-ring (bicyclic) bond motifs is 1. The second kappa shape index (κ2) is 7.37. The summed E-state index contributed by atoms with van der Waals surface area (Å²) in [5.41, 5.74) is 7.59. The maximum Gasteiger partial charge on any atom is 0.222 e. The number of likely N-dealkylation sites (tertiary alicyclic amines) is 1. The lowest BCUT2D eigenvalue weighted by Gasteiger charge is -2.25. The quantitative estimate of drug-likeness (QED) is 0.728. The highest BCUT2D eigenvalue weighted by Gasteiger charge is 2.37. The molecule has 2 heterocycles. The molecule has 140 valence electrons. The average Bonchev–Trinajstić information content (AvgIpc) is 3.26. The number of nitrogens with zero attached hydrogens (tertiary/aromatic N) is 2. The molecule has 2 aromatic carbocycles.